The van der Waals surface area contributed by atoms with E-state index in [0.29, 0.717) is 18.6 Å². The van der Waals surface area contributed by atoms with E-state index in [1.54, 1.807) is 0 Å². The van der Waals surface area contributed by atoms with Crippen LogP contribution in [-0.2, 0) is 4.79 Å². The molecule has 0 spiro atoms. The molecule has 13 heavy (non-hydrogen) atoms. The van der Waals surface area contributed by atoms with Gasteiger partial charge in [0.1, 0.15) is 5.78 Å². The number of ketones is 1. The summed E-state index contributed by atoms with van der Waals surface area (Å²) in [6.07, 6.45) is 0.934. The van der Waals surface area contributed by atoms with Crippen LogP contribution < -0.4 is 0 Å². The van der Waals surface area contributed by atoms with E-state index in [9.17, 15) is 4.79 Å². The topological polar surface area (TPSA) is 49.7 Å². The lowest BCUT2D eigenvalue weighted by Gasteiger charge is -1.98. The van der Waals surface area contributed by atoms with Crippen LogP contribution in [0.3, 0.4) is 0 Å². The Bertz CT molecular complexity index is 303. The van der Waals surface area contributed by atoms with Gasteiger partial charge in [0.25, 0.3) is 0 Å². The number of hydrogen-bond donors (Lipinski definition) is 1. The lowest BCUT2D eigenvalue weighted by molar-refractivity contribution is -0.116. The third kappa shape index (κ3) is 2.99. The zero-order valence-corrected chi connectivity index (χ0v) is 8.17. The maximum Gasteiger partial charge on any atom is 0.130 e. The molecule has 0 amide bonds. The minimum Gasteiger partial charge on any atom is -0.411 e. The highest BCUT2D eigenvalue weighted by Crippen LogP contribution is 2.13. The van der Waals surface area contributed by atoms with Gasteiger partial charge in [0.2, 0.25) is 0 Å². The molecule has 0 aliphatic carbocycles. The summed E-state index contributed by atoms with van der Waals surface area (Å²) in [7, 11) is 0. The van der Waals surface area contributed by atoms with E-state index < -0.39 is 0 Å². The van der Waals surface area contributed by atoms with Gasteiger partial charge < -0.3 is 10.0 Å². The van der Waals surface area contributed by atoms with Gasteiger partial charge in [0.15, 0.2) is 0 Å². The maximum atomic E-state index is 10.7. The third-order valence-electron chi connectivity index (χ3n) is 1.64. The van der Waals surface area contributed by atoms with Crippen LogP contribution in [-0.4, -0.2) is 16.7 Å². The number of hydrogen-bond acceptors (Lipinski definition) is 4. The molecule has 0 fully saturated rings. The zero-order chi connectivity index (χ0) is 9.68. The molecule has 70 valence electrons. The van der Waals surface area contributed by atoms with Crippen LogP contribution in [0.1, 0.15) is 24.6 Å². The molecule has 0 unspecified atom stereocenters. The molecule has 1 heterocycles. The van der Waals surface area contributed by atoms with Crippen molar-refractivity contribution in [3.63, 3.8) is 0 Å². The largest absolute Gasteiger partial charge is 0.411 e. The fraction of sp³-hybridized carbons (Fsp3) is 0.333. The Morgan fingerprint density at radius 2 is 2.38 bits per heavy atom. The molecule has 0 radical (unpaired) electrons. The molecule has 0 atom stereocenters. The lowest BCUT2D eigenvalue weighted by Crippen LogP contribution is -2.01. The van der Waals surface area contributed by atoms with Crippen LogP contribution in [0.25, 0.3) is 0 Å². The van der Waals surface area contributed by atoms with Gasteiger partial charge in [0, 0.05) is 12.8 Å². The highest BCUT2D eigenvalue weighted by Gasteiger charge is 2.06. The standard InChI is InChI=1S/C9H11NO2S/c1-7(11)4-5-8(10-12)9-3-2-6-13-9/h2-3,6,12H,4-5H2,1H3/b10-8-. The van der Waals surface area contributed by atoms with Crippen LogP contribution in [0.2, 0.25) is 0 Å². The number of carbonyl (C=O) groups is 1. The second-order valence-corrected chi connectivity index (χ2v) is 3.67. The molecule has 0 aliphatic rings. The Hall–Kier alpha value is -1.16. The van der Waals surface area contributed by atoms with Crippen molar-refractivity contribution in [2.45, 2.75) is 19.8 Å². The molecule has 0 saturated heterocycles. The highest BCUT2D eigenvalue weighted by molar-refractivity contribution is 7.12. The molecule has 1 aromatic heterocycles. The van der Waals surface area contributed by atoms with Gasteiger partial charge >= 0.3 is 0 Å². The average Bonchev–Trinajstić information content (AvgIpc) is 2.58. The Balaban J connectivity index is 2.60. The van der Waals surface area contributed by atoms with Crippen LogP contribution in [0.4, 0.5) is 0 Å². The molecule has 1 rings (SSSR count). The van der Waals surface area contributed by atoms with Crippen LogP contribution in [0.15, 0.2) is 22.7 Å². The van der Waals surface area contributed by atoms with Gasteiger partial charge in [0.05, 0.1) is 10.6 Å². The normalized spacial score (nSPS) is 11.6. The van der Waals surface area contributed by atoms with Crippen LogP contribution in [0.5, 0.6) is 0 Å². The Kier molecular flexibility index (Phi) is 3.64. The molecule has 0 aromatic carbocycles. The van der Waals surface area contributed by atoms with Crippen molar-refractivity contribution in [1.82, 2.24) is 0 Å². The third-order valence-corrected chi connectivity index (χ3v) is 2.56. The first-order valence-corrected chi connectivity index (χ1v) is 4.86. The molecule has 3 nitrogen and oxygen atoms in total. The number of Topliss-reactive ketones (excluding diaryl/α,β-unsaturated/α-hetero) is 1. The number of thiophene rings is 1. The summed E-state index contributed by atoms with van der Waals surface area (Å²) in [5.41, 5.74) is 0.588. The molecule has 1 aromatic rings. The summed E-state index contributed by atoms with van der Waals surface area (Å²) >= 11 is 1.51. The van der Waals surface area contributed by atoms with Crippen molar-refractivity contribution >= 4 is 22.8 Å². The summed E-state index contributed by atoms with van der Waals surface area (Å²) in [5.74, 6) is 0.109. The van der Waals surface area contributed by atoms with E-state index in [2.05, 4.69) is 5.16 Å². The second-order valence-electron chi connectivity index (χ2n) is 2.73. The van der Waals surface area contributed by atoms with Gasteiger partial charge in [-0.3, -0.25) is 0 Å². The smallest absolute Gasteiger partial charge is 0.130 e. The first-order chi connectivity index (χ1) is 6.24. The van der Waals surface area contributed by atoms with E-state index in [1.165, 1.54) is 18.3 Å². The fourth-order valence-electron chi connectivity index (χ4n) is 0.960. The van der Waals surface area contributed by atoms with Gasteiger partial charge in [-0.05, 0) is 18.4 Å². The fourth-order valence-corrected chi connectivity index (χ4v) is 1.70. The minimum atomic E-state index is 0.109. The monoisotopic (exact) mass is 197 g/mol. The molecule has 4 heteroatoms. The quantitative estimate of drug-likeness (QED) is 0.457. The van der Waals surface area contributed by atoms with E-state index in [0.717, 1.165) is 4.88 Å². The van der Waals surface area contributed by atoms with E-state index in [1.807, 2.05) is 17.5 Å². The van der Waals surface area contributed by atoms with E-state index in [4.69, 9.17) is 5.21 Å². The van der Waals surface area contributed by atoms with Gasteiger partial charge in [-0.25, -0.2) is 0 Å². The van der Waals surface area contributed by atoms with Gasteiger partial charge in [-0.1, -0.05) is 11.2 Å². The van der Waals surface area contributed by atoms with Crippen molar-refractivity contribution in [1.29, 1.82) is 0 Å². The van der Waals surface area contributed by atoms with Crippen LogP contribution >= 0.6 is 11.3 Å². The summed E-state index contributed by atoms with van der Waals surface area (Å²) in [6.45, 7) is 1.53. The van der Waals surface area contributed by atoms with Crippen molar-refractivity contribution in [3.05, 3.63) is 22.4 Å². The van der Waals surface area contributed by atoms with Crippen molar-refractivity contribution in [3.8, 4) is 0 Å². The zero-order valence-electron chi connectivity index (χ0n) is 7.36. The minimum absolute atomic E-state index is 0.109. The maximum absolute atomic E-state index is 10.7. The van der Waals surface area contributed by atoms with Crippen molar-refractivity contribution < 1.29 is 10.0 Å². The van der Waals surface area contributed by atoms with Gasteiger partial charge in [-0.15, -0.1) is 11.3 Å². The Labute approximate surface area is 80.7 Å². The van der Waals surface area contributed by atoms with Crippen molar-refractivity contribution in [2.24, 2.45) is 5.16 Å². The second kappa shape index (κ2) is 4.77. The Morgan fingerprint density at radius 3 is 2.85 bits per heavy atom. The van der Waals surface area contributed by atoms with Crippen LogP contribution in [0, 0.1) is 0 Å². The first-order valence-electron chi connectivity index (χ1n) is 3.98. The number of carbonyl (C=O) groups excluding carboxylic acids is 1. The number of rotatable bonds is 4. The Morgan fingerprint density at radius 1 is 1.62 bits per heavy atom. The molecule has 1 N–H and O–H groups in total. The molecule has 0 bridgehead atoms. The van der Waals surface area contributed by atoms with Gasteiger partial charge in [-0.2, -0.15) is 0 Å². The summed E-state index contributed by atoms with van der Waals surface area (Å²) in [6, 6.07) is 3.76. The summed E-state index contributed by atoms with van der Waals surface area (Å²) < 4.78 is 0. The highest BCUT2D eigenvalue weighted by atomic mass is 32.1. The summed E-state index contributed by atoms with van der Waals surface area (Å²) in [4.78, 5) is 11.6. The molecular weight excluding hydrogens is 186 g/mol. The molecular formula is C9H11NO2S. The molecule has 0 aliphatic heterocycles. The number of oxime groups is 1. The van der Waals surface area contributed by atoms with E-state index in [-0.39, 0.29) is 5.78 Å². The number of nitrogens with zero attached hydrogens (tertiary/aromatic N) is 1. The predicted molar refractivity (Wildman–Crippen MR) is 52.6 cm³/mol. The lowest BCUT2D eigenvalue weighted by atomic mass is 10.1. The summed E-state index contributed by atoms with van der Waals surface area (Å²) in [5, 5.41) is 13.8. The van der Waals surface area contributed by atoms with E-state index >= 15 is 0 Å². The molecule has 0 saturated carbocycles. The SMILES string of the molecule is CC(=O)CC/C(=N/O)c1cccs1. The predicted octanol–water partition coefficient (Wildman–Crippen LogP) is 2.30. The first kappa shape index (κ1) is 9.92. The average molecular weight is 197 g/mol. The van der Waals surface area contributed by atoms with Crippen molar-refractivity contribution in [2.75, 3.05) is 0 Å².